The second kappa shape index (κ2) is 16.5. The smallest absolute Gasteiger partial charge is 0.133 e. The van der Waals surface area contributed by atoms with Crippen LogP contribution in [0.15, 0.2) is 182 Å². The van der Waals surface area contributed by atoms with Crippen molar-refractivity contribution in [3.63, 3.8) is 0 Å². The first-order valence-electron chi connectivity index (χ1n) is 14.4. The van der Waals surface area contributed by atoms with Crippen LogP contribution < -0.4 is 79.8 Å². The van der Waals surface area contributed by atoms with Crippen LogP contribution in [-0.4, -0.2) is 12.3 Å². The van der Waals surface area contributed by atoms with Crippen molar-refractivity contribution in [3.05, 3.63) is 182 Å². The minimum Gasteiger partial charge on any atom is -1.00 e. The normalized spacial score (nSPS) is 10.8. The van der Waals surface area contributed by atoms with E-state index in [1.807, 2.05) is 0 Å². The first-order valence-corrected chi connectivity index (χ1v) is 18.3. The zero-order valence-corrected chi connectivity index (χ0v) is 30.5. The molecule has 0 fully saturated rings. The van der Waals surface area contributed by atoms with Crippen molar-refractivity contribution in [2.45, 2.75) is 0 Å². The second-order valence-electron chi connectivity index (χ2n) is 10.3. The zero-order chi connectivity index (χ0) is 28.5. The quantitative estimate of drug-likeness (QED) is 0.122. The molecule has 0 spiro atoms. The molecule has 0 aliphatic carbocycles. The fourth-order valence-electron chi connectivity index (χ4n) is 5.89. The van der Waals surface area contributed by atoms with Crippen molar-refractivity contribution in [3.8, 4) is 11.8 Å². The molecular weight excluding hydrogens is 796 g/mol. The summed E-state index contributed by atoms with van der Waals surface area (Å²) in [6, 6.07) is 66.2. The number of hydrogen-bond donors (Lipinski definition) is 0. The molecule has 0 unspecified atom stereocenters. The maximum atomic E-state index is 3.81. The Hall–Kier alpha value is -2.80. The van der Waals surface area contributed by atoms with Gasteiger partial charge < -0.3 is 48.0 Å². The van der Waals surface area contributed by atoms with E-state index < -0.39 is 14.5 Å². The summed E-state index contributed by atoms with van der Waals surface area (Å²) in [6.07, 6.45) is 1.59. The number of hydrogen-bond acceptors (Lipinski definition) is 0. The minimum absolute atomic E-state index is 0. The molecule has 0 saturated carbocycles. The average molecular weight is 830 g/mol. The van der Waals surface area contributed by atoms with Crippen LogP contribution in [0.2, 0.25) is 0 Å². The van der Waals surface area contributed by atoms with E-state index >= 15 is 0 Å². The SMILES string of the molecule is C(#CC[P+](c1ccccc1)(c1ccccc1)c1ccccc1)C[P+](c1ccccc1)(c1ccccc1)c1ccccc1.[I-].[I-]. The van der Waals surface area contributed by atoms with Crippen LogP contribution in [0.5, 0.6) is 0 Å². The molecule has 0 nitrogen and oxygen atoms in total. The minimum atomic E-state index is -2.01. The Kier molecular flexibility index (Phi) is 12.8. The maximum Gasteiger partial charge on any atom is 0.133 e. The Morgan fingerprint density at radius 3 is 0.591 bits per heavy atom. The Labute approximate surface area is 298 Å². The summed E-state index contributed by atoms with van der Waals surface area (Å²) in [7, 11) is -4.02. The van der Waals surface area contributed by atoms with Crippen LogP contribution in [0, 0.1) is 11.8 Å². The van der Waals surface area contributed by atoms with Crippen LogP contribution in [0.3, 0.4) is 0 Å². The topological polar surface area (TPSA) is 0 Å². The Morgan fingerprint density at radius 2 is 0.432 bits per heavy atom. The Morgan fingerprint density at radius 1 is 0.273 bits per heavy atom. The summed E-state index contributed by atoms with van der Waals surface area (Å²) in [5.41, 5.74) is 0. The van der Waals surface area contributed by atoms with Gasteiger partial charge in [-0.15, -0.1) is 0 Å². The summed E-state index contributed by atoms with van der Waals surface area (Å²) >= 11 is 0. The molecule has 6 aromatic carbocycles. The molecule has 0 heterocycles. The summed E-state index contributed by atoms with van der Waals surface area (Å²) in [5, 5.41) is 8.21. The summed E-state index contributed by atoms with van der Waals surface area (Å²) < 4.78 is 0. The van der Waals surface area contributed by atoms with Crippen LogP contribution in [-0.2, 0) is 0 Å². The Bertz CT molecular complexity index is 1430. The third-order valence-electron chi connectivity index (χ3n) is 7.94. The molecule has 0 radical (unpaired) electrons. The lowest BCUT2D eigenvalue weighted by Gasteiger charge is -2.26. The van der Waals surface area contributed by atoms with E-state index in [0.717, 1.165) is 12.3 Å². The van der Waals surface area contributed by atoms with E-state index in [2.05, 4.69) is 194 Å². The highest BCUT2D eigenvalue weighted by molar-refractivity contribution is 7.96. The molecule has 0 bridgehead atoms. The van der Waals surface area contributed by atoms with Crippen molar-refractivity contribution < 1.29 is 48.0 Å². The van der Waals surface area contributed by atoms with E-state index in [1.54, 1.807) is 0 Å². The van der Waals surface area contributed by atoms with Crippen molar-refractivity contribution in [1.29, 1.82) is 0 Å². The van der Waals surface area contributed by atoms with Gasteiger partial charge in [-0.1, -0.05) is 121 Å². The van der Waals surface area contributed by atoms with Crippen molar-refractivity contribution >= 4 is 46.4 Å². The van der Waals surface area contributed by atoms with Gasteiger partial charge in [0, 0.05) is 0 Å². The van der Waals surface area contributed by atoms with Crippen molar-refractivity contribution in [1.82, 2.24) is 0 Å². The molecule has 0 atom stereocenters. The molecule has 6 rings (SSSR count). The van der Waals surface area contributed by atoms with Gasteiger partial charge in [0.15, 0.2) is 0 Å². The highest BCUT2D eigenvalue weighted by Crippen LogP contribution is 2.56. The van der Waals surface area contributed by atoms with E-state index in [9.17, 15) is 0 Å². The van der Waals surface area contributed by atoms with Gasteiger partial charge in [0.1, 0.15) is 58.7 Å². The van der Waals surface area contributed by atoms with Gasteiger partial charge in [-0.25, -0.2) is 0 Å². The number of benzene rings is 6. The summed E-state index contributed by atoms with van der Waals surface area (Å²) in [4.78, 5) is 0. The average Bonchev–Trinajstić information content (AvgIpc) is 3.09. The monoisotopic (exact) mass is 830 g/mol. The molecule has 0 aliphatic heterocycles. The zero-order valence-electron chi connectivity index (χ0n) is 24.4. The van der Waals surface area contributed by atoms with Gasteiger partial charge in [-0.3, -0.25) is 0 Å². The molecule has 218 valence electrons. The third-order valence-corrected chi connectivity index (χ3v) is 16.3. The number of rotatable bonds is 8. The molecule has 6 aromatic rings. The predicted octanol–water partition coefficient (Wildman–Crippen LogP) is 0.986. The van der Waals surface area contributed by atoms with Crippen LogP contribution >= 0.6 is 14.5 Å². The van der Waals surface area contributed by atoms with Gasteiger partial charge in [0.05, 0.1) is 0 Å². The molecular formula is C40H34I2P2. The highest BCUT2D eigenvalue weighted by Gasteiger charge is 2.46. The van der Waals surface area contributed by atoms with Gasteiger partial charge in [-0.05, 0) is 72.8 Å². The predicted molar refractivity (Wildman–Crippen MR) is 188 cm³/mol. The first kappa shape index (κ1) is 34.1. The van der Waals surface area contributed by atoms with E-state index in [-0.39, 0.29) is 48.0 Å². The molecule has 0 aliphatic rings. The van der Waals surface area contributed by atoms with Crippen LogP contribution in [0.25, 0.3) is 0 Å². The third kappa shape index (κ3) is 7.03. The van der Waals surface area contributed by atoms with E-state index in [1.165, 1.54) is 31.8 Å². The van der Waals surface area contributed by atoms with Gasteiger partial charge >= 0.3 is 0 Å². The maximum absolute atomic E-state index is 3.81. The van der Waals surface area contributed by atoms with Gasteiger partial charge in [0.2, 0.25) is 0 Å². The highest BCUT2D eigenvalue weighted by atomic mass is 127. The lowest BCUT2D eigenvalue weighted by atomic mass is 10.4. The molecule has 0 N–H and O–H groups in total. The second-order valence-corrected chi connectivity index (χ2v) is 17.3. The van der Waals surface area contributed by atoms with Crippen LogP contribution in [0.1, 0.15) is 0 Å². The standard InChI is InChI=1S/C40H34P2.2HI/c1-7-21-35(22-8-1)41(36-23-9-2-10-24-36,37-25-11-3-12-26-37)33-19-20-34-42(38-27-13-4-14-28-38,39-29-15-5-16-30-39)40-31-17-6-18-32-40;;/h1-18,21-32H,33-34H2;2*1H/q+2;;/p-2. The molecule has 0 saturated heterocycles. The first-order chi connectivity index (χ1) is 20.8. The Balaban J connectivity index is 0.00000221. The summed E-state index contributed by atoms with van der Waals surface area (Å²) in [5.74, 6) is 7.63. The van der Waals surface area contributed by atoms with Crippen LogP contribution in [0.4, 0.5) is 0 Å². The van der Waals surface area contributed by atoms with E-state index in [0.29, 0.717) is 0 Å². The summed E-state index contributed by atoms with van der Waals surface area (Å²) in [6.45, 7) is 0. The van der Waals surface area contributed by atoms with Crippen molar-refractivity contribution in [2.24, 2.45) is 0 Å². The lowest BCUT2D eigenvalue weighted by Crippen LogP contribution is -3.00. The van der Waals surface area contributed by atoms with Crippen molar-refractivity contribution in [2.75, 3.05) is 12.3 Å². The van der Waals surface area contributed by atoms with E-state index in [4.69, 9.17) is 0 Å². The molecule has 44 heavy (non-hydrogen) atoms. The number of halogens is 2. The lowest BCUT2D eigenvalue weighted by molar-refractivity contribution is -0.001000. The largest absolute Gasteiger partial charge is 1.00 e. The fraction of sp³-hybridized carbons (Fsp3) is 0.0500. The van der Waals surface area contributed by atoms with Gasteiger partial charge in [-0.2, -0.15) is 0 Å². The molecule has 4 heteroatoms. The van der Waals surface area contributed by atoms with Gasteiger partial charge in [0.25, 0.3) is 0 Å². The molecule has 0 amide bonds. The molecule has 0 aromatic heterocycles. The fourth-order valence-corrected chi connectivity index (χ4v) is 13.6.